The third-order valence-electron chi connectivity index (χ3n) is 9.47. The average Bonchev–Trinajstić information content (AvgIpc) is 3.70. The van der Waals surface area contributed by atoms with Gasteiger partial charge in [-0.25, -0.2) is 19.9 Å². The van der Waals surface area contributed by atoms with Crippen LogP contribution in [0.5, 0.6) is 0 Å². The molecule has 11 nitrogen and oxygen atoms in total. The summed E-state index contributed by atoms with van der Waals surface area (Å²) in [5.41, 5.74) is -0.289. The molecule has 5 heterocycles. The Morgan fingerprint density at radius 1 is 1.09 bits per heavy atom. The number of amides is 1. The molecule has 0 radical (unpaired) electrons. The molecule has 1 saturated carbocycles. The quantitative estimate of drug-likeness (QED) is 0.314. The monoisotopic (exact) mass is 630 g/mol. The number of hydrogen-bond acceptors (Lipinski definition) is 9. The van der Waals surface area contributed by atoms with E-state index in [2.05, 4.69) is 38.0 Å². The number of halogens is 3. The van der Waals surface area contributed by atoms with Crippen molar-refractivity contribution >= 4 is 29.3 Å². The summed E-state index contributed by atoms with van der Waals surface area (Å²) in [6, 6.07) is -2.33. The summed E-state index contributed by atoms with van der Waals surface area (Å²) in [4.78, 5) is 35.5. The Labute approximate surface area is 260 Å². The Kier molecular flexibility index (Phi) is 7.72. The van der Waals surface area contributed by atoms with Gasteiger partial charge in [-0.1, -0.05) is 12.8 Å². The van der Waals surface area contributed by atoms with Crippen LogP contribution in [0.15, 0.2) is 12.4 Å². The molecule has 4 aliphatic rings. The maximum Gasteiger partial charge on any atom is 0.408 e. The standard InChI is InChI=1S/C31H41F3N8O3/c1-28(2)13-18(14-29(3,4)45-28)23-37-15-19(16-38-23)42-25-22(30(26(42)43)10-6-7-11-30)24(36-5)39-21(40-25)17-44-27(35)41-12-8-9-20(41)31(32,33)34/h15-16,18,20,35H,6-14,17H2,1-5H3,(H,36,39,40)/t20-/m1/s1. The van der Waals surface area contributed by atoms with Gasteiger partial charge in [0.1, 0.15) is 23.5 Å². The van der Waals surface area contributed by atoms with Crippen molar-refractivity contribution in [3.05, 3.63) is 29.6 Å². The van der Waals surface area contributed by atoms with E-state index in [-0.39, 0.29) is 48.4 Å². The Morgan fingerprint density at radius 2 is 1.73 bits per heavy atom. The van der Waals surface area contributed by atoms with Gasteiger partial charge in [0, 0.05) is 19.5 Å². The fraction of sp³-hybridized carbons (Fsp3) is 0.677. The van der Waals surface area contributed by atoms with Crippen LogP contribution in [0, 0.1) is 5.41 Å². The summed E-state index contributed by atoms with van der Waals surface area (Å²) in [5, 5.41) is 11.3. The van der Waals surface area contributed by atoms with Crippen molar-refractivity contribution < 1.29 is 27.4 Å². The summed E-state index contributed by atoms with van der Waals surface area (Å²) in [6.07, 6.45) is 3.68. The van der Waals surface area contributed by atoms with Gasteiger partial charge in [-0.3, -0.25) is 15.1 Å². The predicted molar refractivity (Wildman–Crippen MR) is 160 cm³/mol. The average molecular weight is 631 g/mol. The highest BCUT2D eigenvalue weighted by atomic mass is 19.4. The van der Waals surface area contributed by atoms with Crippen LogP contribution in [0.4, 0.5) is 30.5 Å². The lowest BCUT2D eigenvalue weighted by atomic mass is 9.80. The molecule has 3 aliphatic heterocycles. The van der Waals surface area contributed by atoms with Gasteiger partial charge in [-0.05, 0) is 66.2 Å². The molecule has 2 saturated heterocycles. The molecule has 0 aromatic carbocycles. The van der Waals surface area contributed by atoms with Crippen LogP contribution < -0.4 is 10.2 Å². The number of carbonyl (C=O) groups is 1. The summed E-state index contributed by atoms with van der Waals surface area (Å²) < 4.78 is 52.2. The van der Waals surface area contributed by atoms with Crippen molar-refractivity contribution in [2.45, 2.75) is 120 Å². The van der Waals surface area contributed by atoms with Gasteiger partial charge in [0.05, 0.1) is 40.3 Å². The van der Waals surface area contributed by atoms with Crippen LogP contribution in [0.25, 0.3) is 0 Å². The van der Waals surface area contributed by atoms with Gasteiger partial charge in [-0.15, -0.1) is 0 Å². The van der Waals surface area contributed by atoms with Crippen LogP contribution >= 0.6 is 0 Å². The lowest BCUT2D eigenvalue weighted by molar-refractivity contribution is -0.169. The second kappa shape index (κ2) is 11.1. The highest BCUT2D eigenvalue weighted by Crippen LogP contribution is 2.55. The van der Waals surface area contributed by atoms with E-state index in [0.29, 0.717) is 48.0 Å². The van der Waals surface area contributed by atoms with Crippen molar-refractivity contribution in [2.75, 3.05) is 23.8 Å². The zero-order valence-electron chi connectivity index (χ0n) is 26.4. The van der Waals surface area contributed by atoms with Crippen LogP contribution in [0.3, 0.4) is 0 Å². The van der Waals surface area contributed by atoms with Crippen molar-refractivity contribution in [1.82, 2.24) is 24.8 Å². The molecule has 1 atom stereocenters. The number of ether oxygens (including phenoxy) is 2. The first-order valence-electron chi connectivity index (χ1n) is 15.6. The predicted octanol–water partition coefficient (Wildman–Crippen LogP) is 5.73. The number of rotatable bonds is 5. The Balaban J connectivity index is 1.31. The molecule has 1 amide bonds. The van der Waals surface area contributed by atoms with E-state index in [4.69, 9.17) is 29.8 Å². The molecule has 3 fully saturated rings. The van der Waals surface area contributed by atoms with Gasteiger partial charge in [0.25, 0.3) is 6.02 Å². The molecule has 2 aromatic heterocycles. The number of anilines is 3. The number of nitrogens with zero attached hydrogens (tertiary/aromatic N) is 6. The van der Waals surface area contributed by atoms with Gasteiger partial charge >= 0.3 is 6.18 Å². The zero-order valence-corrected chi connectivity index (χ0v) is 26.4. The van der Waals surface area contributed by atoms with E-state index < -0.39 is 23.7 Å². The van der Waals surface area contributed by atoms with E-state index in [9.17, 15) is 18.0 Å². The number of likely N-dealkylation sites (tertiary alicyclic amines) is 1. The molecule has 0 bridgehead atoms. The highest BCUT2D eigenvalue weighted by Gasteiger charge is 2.56. The van der Waals surface area contributed by atoms with Crippen LogP contribution in [-0.2, 0) is 26.3 Å². The minimum Gasteiger partial charge on any atom is -0.457 e. The van der Waals surface area contributed by atoms with Crippen LogP contribution in [-0.4, -0.2) is 73.8 Å². The molecular formula is C31H41F3N8O3. The number of fused-ring (bicyclic) bond motifs is 2. The van der Waals surface area contributed by atoms with E-state index in [1.165, 1.54) is 0 Å². The number of alkyl halides is 3. The summed E-state index contributed by atoms with van der Waals surface area (Å²) in [6.45, 7) is 8.02. The largest absolute Gasteiger partial charge is 0.457 e. The smallest absolute Gasteiger partial charge is 0.408 e. The van der Waals surface area contributed by atoms with Crippen molar-refractivity contribution in [3.63, 3.8) is 0 Å². The van der Waals surface area contributed by atoms with Gasteiger partial charge < -0.3 is 19.7 Å². The molecule has 1 aliphatic carbocycles. The maximum absolute atomic E-state index is 14.3. The highest BCUT2D eigenvalue weighted by molar-refractivity contribution is 6.13. The molecule has 45 heavy (non-hydrogen) atoms. The SMILES string of the molecule is CNc1nc(COC(=N)N2CCC[C@@H]2C(F)(F)F)nc2c1C1(CCCC1)C(=O)N2c1cnc(C2CC(C)(C)OC(C)(C)C2)nc1. The molecule has 2 aromatic rings. The lowest BCUT2D eigenvalue weighted by Crippen LogP contribution is -2.45. The minimum atomic E-state index is -4.46. The Hall–Kier alpha value is -3.55. The van der Waals surface area contributed by atoms with Gasteiger partial charge in [-0.2, -0.15) is 13.2 Å². The first-order chi connectivity index (χ1) is 21.1. The van der Waals surface area contributed by atoms with Crippen molar-refractivity contribution in [2.24, 2.45) is 0 Å². The second-order valence-corrected chi connectivity index (χ2v) is 13.9. The molecule has 2 N–H and O–H groups in total. The van der Waals surface area contributed by atoms with Crippen LogP contribution in [0.2, 0.25) is 0 Å². The number of amidine groups is 1. The fourth-order valence-electron chi connectivity index (χ4n) is 7.94. The maximum atomic E-state index is 14.3. The number of hydrogen-bond donors (Lipinski definition) is 2. The first-order valence-corrected chi connectivity index (χ1v) is 15.6. The van der Waals surface area contributed by atoms with E-state index in [1.54, 1.807) is 24.3 Å². The van der Waals surface area contributed by atoms with E-state index in [1.807, 2.05) is 0 Å². The van der Waals surface area contributed by atoms with Gasteiger partial charge in [0.2, 0.25) is 5.91 Å². The molecule has 14 heteroatoms. The molecule has 0 unspecified atom stereocenters. The minimum absolute atomic E-state index is 0.0828. The van der Waals surface area contributed by atoms with Crippen LogP contribution in [0.1, 0.15) is 102 Å². The summed E-state index contributed by atoms with van der Waals surface area (Å²) >= 11 is 0. The van der Waals surface area contributed by atoms with E-state index >= 15 is 0 Å². The Morgan fingerprint density at radius 3 is 2.33 bits per heavy atom. The van der Waals surface area contributed by atoms with E-state index in [0.717, 1.165) is 30.6 Å². The first kappa shape index (κ1) is 31.4. The molecule has 6 rings (SSSR count). The lowest BCUT2D eigenvalue weighted by Gasteiger charge is -2.44. The topological polar surface area (TPSA) is 129 Å². The van der Waals surface area contributed by atoms with Gasteiger partial charge in [0.15, 0.2) is 12.4 Å². The second-order valence-electron chi connectivity index (χ2n) is 13.9. The van der Waals surface area contributed by atoms with Crippen molar-refractivity contribution in [3.8, 4) is 0 Å². The summed E-state index contributed by atoms with van der Waals surface area (Å²) in [5.74, 6) is 1.64. The molecular weight excluding hydrogens is 589 g/mol. The number of carbonyl (C=O) groups excluding carboxylic acids is 1. The van der Waals surface area contributed by atoms with Crippen molar-refractivity contribution in [1.29, 1.82) is 5.41 Å². The third-order valence-corrected chi connectivity index (χ3v) is 9.47. The summed E-state index contributed by atoms with van der Waals surface area (Å²) in [7, 11) is 1.71. The normalized spacial score (nSPS) is 23.9. The third kappa shape index (κ3) is 5.70. The molecule has 244 valence electrons. The molecule has 1 spiro atoms. The number of nitrogens with one attached hydrogen (secondary N) is 2. The number of aromatic nitrogens is 4. The Bertz CT molecular complexity index is 1460. The fourth-order valence-corrected chi connectivity index (χ4v) is 7.94. The zero-order chi connectivity index (χ0) is 32.4.